The summed E-state index contributed by atoms with van der Waals surface area (Å²) in [6.45, 7) is -0.0965. The van der Waals surface area contributed by atoms with Gasteiger partial charge in [-0.3, -0.25) is 10.1 Å². The Kier molecular flexibility index (Phi) is 4.63. The van der Waals surface area contributed by atoms with Gasteiger partial charge in [0.2, 0.25) is 0 Å². The molecule has 1 aliphatic rings. The van der Waals surface area contributed by atoms with E-state index in [9.17, 15) is 20.0 Å². The molecule has 8 nitrogen and oxygen atoms in total. The van der Waals surface area contributed by atoms with Crippen LogP contribution in [0.5, 0.6) is 0 Å². The Balaban J connectivity index is 2.16. The van der Waals surface area contributed by atoms with Crippen molar-refractivity contribution in [1.29, 1.82) is 0 Å². The molecule has 0 radical (unpaired) electrons. The highest BCUT2D eigenvalue weighted by Crippen LogP contribution is 2.30. The van der Waals surface area contributed by atoms with Gasteiger partial charge in [0.25, 0.3) is 5.69 Å². The van der Waals surface area contributed by atoms with Crippen LogP contribution >= 0.6 is 15.9 Å². The van der Waals surface area contributed by atoms with E-state index >= 15 is 0 Å². The summed E-state index contributed by atoms with van der Waals surface area (Å²) < 4.78 is 0.589. The smallest absolute Gasteiger partial charge is 0.407 e. The molecule has 1 aromatic rings. The number of nitrogens with zero attached hydrogens (tertiary/aromatic N) is 2. The maximum atomic E-state index is 11.1. The van der Waals surface area contributed by atoms with Gasteiger partial charge in [0, 0.05) is 23.1 Å². The Morgan fingerprint density at radius 1 is 1.57 bits per heavy atom. The maximum absolute atomic E-state index is 11.1. The lowest BCUT2D eigenvalue weighted by atomic mass is 10.1. The molecule has 0 aromatic heterocycles. The average molecular weight is 360 g/mol. The van der Waals surface area contributed by atoms with Crippen molar-refractivity contribution in [2.45, 2.75) is 18.5 Å². The number of likely N-dealkylation sites (tertiary alicyclic amines) is 1. The Morgan fingerprint density at radius 3 is 2.81 bits per heavy atom. The summed E-state index contributed by atoms with van der Waals surface area (Å²) in [5.74, 6) is 0. The number of hydrogen-bond acceptors (Lipinski definition) is 5. The van der Waals surface area contributed by atoms with Gasteiger partial charge in [-0.15, -0.1) is 0 Å². The number of carboxylic acid groups (broad SMARTS) is 1. The molecule has 0 saturated carbocycles. The van der Waals surface area contributed by atoms with E-state index in [0.717, 1.165) is 4.90 Å². The Morgan fingerprint density at radius 2 is 2.29 bits per heavy atom. The number of anilines is 1. The molecule has 1 saturated heterocycles. The van der Waals surface area contributed by atoms with Crippen LogP contribution in [-0.2, 0) is 0 Å². The fourth-order valence-electron chi connectivity index (χ4n) is 2.43. The standard InChI is InChI=1S/C12H14BrN3O5/c13-7-1-2-10(11(3-7)16(20)21)14-8-4-9(6-17)15(5-8)12(18)19/h1-3,8-9,14,17H,4-6H2,(H,18,19)/t8-,9-/m1/s1. The fourth-order valence-corrected chi connectivity index (χ4v) is 2.78. The van der Waals surface area contributed by atoms with Crippen LogP contribution in [0.15, 0.2) is 22.7 Å². The van der Waals surface area contributed by atoms with E-state index in [0.29, 0.717) is 16.6 Å². The van der Waals surface area contributed by atoms with Crippen LogP contribution in [0.4, 0.5) is 16.2 Å². The predicted molar refractivity (Wildman–Crippen MR) is 78.4 cm³/mol. The van der Waals surface area contributed by atoms with Crippen molar-refractivity contribution < 1.29 is 19.9 Å². The van der Waals surface area contributed by atoms with Crippen LogP contribution in [0.2, 0.25) is 0 Å². The number of halogens is 1. The van der Waals surface area contributed by atoms with Gasteiger partial charge in [0.05, 0.1) is 17.6 Å². The molecule has 9 heteroatoms. The van der Waals surface area contributed by atoms with E-state index in [2.05, 4.69) is 21.2 Å². The third-order valence-corrected chi connectivity index (χ3v) is 3.88. The molecule has 0 unspecified atom stereocenters. The Bertz CT molecular complexity index is 568. The molecule has 1 aromatic carbocycles. The van der Waals surface area contributed by atoms with Crippen molar-refractivity contribution in [1.82, 2.24) is 4.90 Å². The largest absolute Gasteiger partial charge is 0.465 e. The molecule has 114 valence electrons. The van der Waals surface area contributed by atoms with E-state index in [1.807, 2.05) is 0 Å². The second-order valence-electron chi connectivity index (χ2n) is 4.77. The van der Waals surface area contributed by atoms with Gasteiger partial charge in [0.1, 0.15) is 5.69 Å². The van der Waals surface area contributed by atoms with Crippen LogP contribution in [0, 0.1) is 10.1 Å². The Hall–Kier alpha value is -1.87. The number of nitro benzene ring substituents is 1. The highest BCUT2D eigenvalue weighted by molar-refractivity contribution is 9.10. The number of hydrogen-bond donors (Lipinski definition) is 3. The molecule has 21 heavy (non-hydrogen) atoms. The van der Waals surface area contributed by atoms with Crippen LogP contribution in [0.1, 0.15) is 6.42 Å². The minimum atomic E-state index is -1.11. The highest BCUT2D eigenvalue weighted by Gasteiger charge is 2.35. The number of aliphatic hydroxyl groups is 1. The first kappa shape index (κ1) is 15.5. The quantitative estimate of drug-likeness (QED) is 0.558. The molecule has 0 aliphatic carbocycles. The van der Waals surface area contributed by atoms with Crippen molar-refractivity contribution in [2.75, 3.05) is 18.5 Å². The first-order valence-corrected chi connectivity index (χ1v) is 7.02. The second-order valence-corrected chi connectivity index (χ2v) is 5.68. The third kappa shape index (κ3) is 3.42. The molecule has 1 amide bonds. The van der Waals surface area contributed by atoms with Gasteiger partial charge in [-0.25, -0.2) is 4.79 Å². The minimum absolute atomic E-state index is 0.0845. The average Bonchev–Trinajstić information content (AvgIpc) is 2.84. The normalized spacial score (nSPS) is 21.3. The van der Waals surface area contributed by atoms with Crippen LogP contribution in [0.3, 0.4) is 0 Å². The van der Waals surface area contributed by atoms with Crippen molar-refractivity contribution in [2.24, 2.45) is 0 Å². The summed E-state index contributed by atoms with van der Waals surface area (Å²) in [6.07, 6.45) is -0.709. The zero-order chi connectivity index (χ0) is 15.6. The molecule has 0 bridgehead atoms. The molecule has 2 rings (SSSR count). The third-order valence-electron chi connectivity index (χ3n) is 3.39. The van der Waals surface area contributed by atoms with Crippen molar-refractivity contribution in [3.63, 3.8) is 0 Å². The number of carbonyl (C=O) groups is 1. The van der Waals surface area contributed by atoms with Crippen molar-refractivity contribution in [3.05, 3.63) is 32.8 Å². The zero-order valence-corrected chi connectivity index (χ0v) is 12.5. The molecular weight excluding hydrogens is 346 g/mol. The zero-order valence-electron chi connectivity index (χ0n) is 10.9. The molecule has 1 aliphatic heterocycles. The summed E-state index contributed by atoms with van der Waals surface area (Å²) >= 11 is 3.18. The molecule has 0 spiro atoms. The van der Waals surface area contributed by atoms with E-state index in [1.54, 1.807) is 12.1 Å². The van der Waals surface area contributed by atoms with Gasteiger partial charge in [-0.05, 0) is 18.6 Å². The molecule has 1 fully saturated rings. The van der Waals surface area contributed by atoms with E-state index in [4.69, 9.17) is 5.11 Å². The van der Waals surface area contributed by atoms with Crippen LogP contribution < -0.4 is 5.32 Å². The number of rotatable bonds is 4. The molecule has 2 atom stereocenters. The number of benzene rings is 1. The lowest BCUT2D eigenvalue weighted by molar-refractivity contribution is -0.384. The summed E-state index contributed by atoms with van der Waals surface area (Å²) in [5, 5.41) is 32.3. The van der Waals surface area contributed by atoms with Crippen LogP contribution in [-0.4, -0.2) is 51.4 Å². The van der Waals surface area contributed by atoms with E-state index < -0.39 is 17.1 Å². The number of amides is 1. The van der Waals surface area contributed by atoms with Gasteiger partial charge in [-0.2, -0.15) is 0 Å². The number of aliphatic hydroxyl groups excluding tert-OH is 1. The van der Waals surface area contributed by atoms with Crippen molar-refractivity contribution in [3.8, 4) is 0 Å². The van der Waals surface area contributed by atoms with E-state index in [-0.39, 0.29) is 24.9 Å². The molecule has 3 N–H and O–H groups in total. The monoisotopic (exact) mass is 359 g/mol. The first-order valence-electron chi connectivity index (χ1n) is 6.23. The van der Waals surface area contributed by atoms with Gasteiger partial charge < -0.3 is 20.4 Å². The topological polar surface area (TPSA) is 116 Å². The Labute approximate surface area is 128 Å². The maximum Gasteiger partial charge on any atom is 0.407 e. The fraction of sp³-hybridized carbons (Fsp3) is 0.417. The lowest BCUT2D eigenvalue weighted by Crippen LogP contribution is -2.37. The summed E-state index contributed by atoms with van der Waals surface area (Å²) in [7, 11) is 0. The number of nitrogens with one attached hydrogen (secondary N) is 1. The van der Waals surface area contributed by atoms with Gasteiger partial charge in [-0.1, -0.05) is 15.9 Å². The highest BCUT2D eigenvalue weighted by atomic mass is 79.9. The second kappa shape index (κ2) is 6.27. The minimum Gasteiger partial charge on any atom is -0.465 e. The van der Waals surface area contributed by atoms with Gasteiger partial charge in [0.15, 0.2) is 0 Å². The van der Waals surface area contributed by atoms with E-state index in [1.165, 1.54) is 6.07 Å². The molecular formula is C12H14BrN3O5. The summed E-state index contributed by atoms with van der Waals surface area (Å²) in [4.78, 5) is 22.7. The van der Waals surface area contributed by atoms with Crippen LogP contribution in [0.25, 0.3) is 0 Å². The lowest BCUT2D eigenvalue weighted by Gasteiger charge is -2.18. The SMILES string of the molecule is O=C(O)N1C[C@H](Nc2ccc(Br)cc2[N+](=O)[O-])C[C@@H]1CO. The number of nitro groups is 1. The summed E-state index contributed by atoms with van der Waals surface area (Å²) in [5.41, 5.74) is 0.246. The predicted octanol–water partition coefficient (Wildman–Crippen LogP) is 1.88. The van der Waals surface area contributed by atoms with Crippen molar-refractivity contribution >= 4 is 33.4 Å². The summed E-state index contributed by atoms with van der Waals surface area (Å²) in [6, 6.07) is 3.85. The molecule has 1 heterocycles. The first-order chi connectivity index (χ1) is 9.92. The van der Waals surface area contributed by atoms with Gasteiger partial charge >= 0.3 is 6.09 Å².